The summed E-state index contributed by atoms with van der Waals surface area (Å²) in [6.45, 7) is 0. The quantitative estimate of drug-likeness (QED) is 0.190. The summed E-state index contributed by atoms with van der Waals surface area (Å²) in [4.78, 5) is 32.4. The first-order valence-electron chi connectivity index (χ1n) is 11.7. The normalized spacial score (nSPS) is 11.1. The van der Waals surface area contributed by atoms with E-state index in [4.69, 9.17) is 4.98 Å². The Hall–Kier alpha value is -4.20. The van der Waals surface area contributed by atoms with Gasteiger partial charge in [0.1, 0.15) is 4.83 Å². The number of hydrogen-bond donors (Lipinski definition) is 1. The lowest BCUT2D eigenvalue weighted by atomic mass is 10.1. The Kier molecular flexibility index (Phi) is 6.30. The zero-order valence-corrected chi connectivity index (χ0v) is 21.3. The first kappa shape index (κ1) is 23.2. The SMILES string of the molecule is O=C(CSc1nc2scc(-c3ccccc3)c2c(=O)n1-c1ccccc1)Nc1cccc2ccccc12. The minimum Gasteiger partial charge on any atom is -0.325 e. The molecule has 0 aliphatic rings. The molecule has 1 N–H and O–H groups in total. The highest BCUT2D eigenvalue weighted by Gasteiger charge is 2.19. The van der Waals surface area contributed by atoms with Crippen molar-refractivity contribution in [3.05, 3.63) is 119 Å². The summed E-state index contributed by atoms with van der Waals surface area (Å²) in [5.74, 6) is -0.0447. The molecule has 0 radical (unpaired) electrons. The van der Waals surface area contributed by atoms with Gasteiger partial charge in [-0.25, -0.2) is 4.98 Å². The van der Waals surface area contributed by atoms with Crippen LogP contribution in [0.25, 0.3) is 37.8 Å². The summed E-state index contributed by atoms with van der Waals surface area (Å²) in [5.41, 5.74) is 3.17. The Morgan fingerprint density at radius 1 is 0.865 bits per heavy atom. The molecule has 0 unspecified atom stereocenters. The minimum atomic E-state index is -0.161. The fraction of sp³-hybridized carbons (Fsp3) is 0.0333. The summed E-state index contributed by atoms with van der Waals surface area (Å²) < 4.78 is 1.61. The molecule has 0 aliphatic heterocycles. The third-order valence-electron chi connectivity index (χ3n) is 6.07. The van der Waals surface area contributed by atoms with Crippen LogP contribution < -0.4 is 10.9 Å². The lowest BCUT2D eigenvalue weighted by Gasteiger charge is -2.13. The number of thiophene rings is 1. The Bertz CT molecular complexity index is 1790. The second kappa shape index (κ2) is 10.0. The van der Waals surface area contributed by atoms with E-state index in [1.165, 1.54) is 23.1 Å². The zero-order valence-electron chi connectivity index (χ0n) is 19.6. The van der Waals surface area contributed by atoms with Gasteiger partial charge in [0.2, 0.25) is 5.91 Å². The topological polar surface area (TPSA) is 64.0 Å². The van der Waals surface area contributed by atoms with Crippen molar-refractivity contribution >= 4 is 55.7 Å². The highest BCUT2D eigenvalue weighted by Crippen LogP contribution is 2.33. The molecule has 0 saturated heterocycles. The fourth-order valence-electron chi connectivity index (χ4n) is 4.35. The van der Waals surface area contributed by atoms with Crippen LogP contribution in [0.5, 0.6) is 0 Å². The van der Waals surface area contributed by atoms with Gasteiger partial charge in [0, 0.05) is 22.0 Å². The van der Waals surface area contributed by atoms with Crippen LogP contribution in [0.2, 0.25) is 0 Å². The number of amides is 1. The number of aromatic nitrogens is 2. The van der Waals surface area contributed by atoms with E-state index in [9.17, 15) is 9.59 Å². The van der Waals surface area contributed by atoms with Gasteiger partial charge in [-0.15, -0.1) is 11.3 Å². The Morgan fingerprint density at radius 3 is 2.38 bits per heavy atom. The highest BCUT2D eigenvalue weighted by molar-refractivity contribution is 7.99. The van der Waals surface area contributed by atoms with Crippen LogP contribution in [0.15, 0.2) is 118 Å². The van der Waals surface area contributed by atoms with Crippen LogP contribution in [0.4, 0.5) is 5.69 Å². The summed E-state index contributed by atoms with van der Waals surface area (Å²) in [6.07, 6.45) is 0. The molecule has 180 valence electrons. The Balaban J connectivity index is 1.36. The number of benzene rings is 4. The van der Waals surface area contributed by atoms with E-state index >= 15 is 0 Å². The van der Waals surface area contributed by atoms with Crippen LogP contribution in [0.1, 0.15) is 0 Å². The van der Waals surface area contributed by atoms with Gasteiger partial charge in [-0.05, 0) is 29.1 Å². The van der Waals surface area contributed by atoms with Gasteiger partial charge in [0.05, 0.1) is 16.8 Å². The monoisotopic (exact) mass is 519 g/mol. The van der Waals surface area contributed by atoms with Crippen molar-refractivity contribution in [2.45, 2.75) is 5.16 Å². The third-order valence-corrected chi connectivity index (χ3v) is 7.88. The highest BCUT2D eigenvalue weighted by atomic mass is 32.2. The van der Waals surface area contributed by atoms with E-state index in [2.05, 4.69) is 5.32 Å². The summed E-state index contributed by atoms with van der Waals surface area (Å²) in [5, 5.41) is 8.11. The van der Waals surface area contributed by atoms with Gasteiger partial charge in [0.15, 0.2) is 5.16 Å². The molecule has 0 spiro atoms. The molecule has 0 fully saturated rings. The molecule has 1 amide bonds. The molecule has 2 heterocycles. The van der Waals surface area contributed by atoms with Crippen molar-refractivity contribution in [2.75, 3.05) is 11.1 Å². The number of carbonyl (C=O) groups is 1. The molecule has 0 atom stereocenters. The van der Waals surface area contributed by atoms with Gasteiger partial charge in [0.25, 0.3) is 5.56 Å². The largest absolute Gasteiger partial charge is 0.325 e. The number of carbonyl (C=O) groups excluding carboxylic acids is 1. The molecular formula is C30H21N3O2S2. The molecule has 0 aliphatic carbocycles. The lowest BCUT2D eigenvalue weighted by Crippen LogP contribution is -2.22. The van der Waals surface area contributed by atoms with Gasteiger partial charge in [-0.1, -0.05) is 96.7 Å². The first-order chi connectivity index (χ1) is 18.2. The van der Waals surface area contributed by atoms with Crippen LogP contribution in [-0.2, 0) is 4.79 Å². The maximum atomic E-state index is 13.9. The van der Waals surface area contributed by atoms with Gasteiger partial charge in [-0.2, -0.15) is 0 Å². The maximum absolute atomic E-state index is 13.9. The number of anilines is 1. The summed E-state index contributed by atoms with van der Waals surface area (Å²) in [6, 6.07) is 33.1. The van der Waals surface area contributed by atoms with Gasteiger partial charge in [-0.3, -0.25) is 14.2 Å². The Labute approximate surface area is 221 Å². The van der Waals surface area contributed by atoms with E-state index in [1.54, 1.807) is 4.57 Å². The Morgan fingerprint density at radius 2 is 1.57 bits per heavy atom. The molecule has 0 saturated carbocycles. The minimum absolute atomic E-state index is 0.116. The lowest BCUT2D eigenvalue weighted by molar-refractivity contribution is -0.113. The number of nitrogens with zero attached hydrogens (tertiary/aromatic N) is 2. The smallest absolute Gasteiger partial charge is 0.268 e. The van der Waals surface area contributed by atoms with E-state index in [0.717, 1.165) is 27.6 Å². The second-order valence-electron chi connectivity index (χ2n) is 8.43. The number of thioether (sulfide) groups is 1. The van der Waals surface area contributed by atoms with Crippen molar-refractivity contribution in [1.82, 2.24) is 9.55 Å². The maximum Gasteiger partial charge on any atom is 0.268 e. The van der Waals surface area contributed by atoms with Crippen LogP contribution in [0, 0.1) is 0 Å². The summed E-state index contributed by atoms with van der Waals surface area (Å²) in [7, 11) is 0. The zero-order chi connectivity index (χ0) is 25.2. The third kappa shape index (κ3) is 4.55. The first-order valence-corrected chi connectivity index (χ1v) is 13.6. The van der Waals surface area contributed by atoms with E-state index in [0.29, 0.717) is 21.1 Å². The molecule has 2 aromatic heterocycles. The number of fused-ring (bicyclic) bond motifs is 2. The van der Waals surface area contributed by atoms with Crippen LogP contribution in [-0.4, -0.2) is 21.2 Å². The molecule has 5 nitrogen and oxygen atoms in total. The molecule has 6 aromatic rings. The second-order valence-corrected chi connectivity index (χ2v) is 10.2. The van der Waals surface area contributed by atoms with Crippen molar-refractivity contribution < 1.29 is 4.79 Å². The molecular weight excluding hydrogens is 498 g/mol. The van der Waals surface area contributed by atoms with E-state index in [-0.39, 0.29) is 17.2 Å². The van der Waals surface area contributed by atoms with Crippen LogP contribution in [0.3, 0.4) is 0 Å². The van der Waals surface area contributed by atoms with E-state index in [1.807, 2.05) is 109 Å². The van der Waals surface area contributed by atoms with Gasteiger partial charge < -0.3 is 5.32 Å². The molecule has 6 rings (SSSR count). The van der Waals surface area contributed by atoms with Crippen molar-refractivity contribution in [3.8, 4) is 16.8 Å². The average Bonchev–Trinajstić information content (AvgIpc) is 3.38. The molecule has 0 bridgehead atoms. The van der Waals surface area contributed by atoms with Crippen molar-refractivity contribution in [3.63, 3.8) is 0 Å². The summed E-state index contributed by atoms with van der Waals surface area (Å²) >= 11 is 2.70. The average molecular weight is 520 g/mol. The number of nitrogens with one attached hydrogen (secondary N) is 1. The van der Waals surface area contributed by atoms with Crippen LogP contribution >= 0.6 is 23.1 Å². The number of para-hydroxylation sites is 1. The standard InChI is InChI=1S/C30H21N3O2S2/c34-26(31-25-17-9-13-20-12-7-8-16-23(20)25)19-37-30-32-28-27(24(18-36-28)21-10-3-1-4-11-21)29(35)33(30)22-14-5-2-6-15-22/h1-18H,19H2,(H,31,34). The fourth-order valence-corrected chi connectivity index (χ4v) is 6.16. The molecule has 37 heavy (non-hydrogen) atoms. The number of rotatable bonds is 6. The number of hydrogen-bond acceptors (Lipinski definition) is 5. The predicted octanol–water partition coefficient (Wildman–Crippen LogP) is 7.00. The van der Waals surface area contributed by atoms with Gasteiger partial charge >= 0.3 is 0 Å². The molecule has 7 heteroatoms. The molecule has 4 aromatic carbocycles. The van der Waals surface area contributed by atoms with Crippen molar-refractivity contribution in [2.24, 2.45) is 0 Å². The van der Waals surface area contributed by atoms with Crippen molar-refractivity contribution in [1.29, 1.82) is 0 Å². The van der Waals surface area contributed by atoms with E-state index < -0.39 is 0 Å². The predicted molar refractivity (Wildman–Crippen MR) is 154 cm³/mol.